The van der Waals surface area contributed by atoms with Gasteiger partial charge in [-0.2, -0.15) is 0 Å². The first-order chi connectivity index (χ1) is 8.04. The standard InChI is InChI=1S/C13H21N3O/c1-15(2)7-4-8-16(3)12-6-5-11(10-17)13(14)9-12/h5-6,9-10H,4,7-8,14H2,1-3H3. The molecule has 0 aromatic heterocycles. The van der Waals surface area contributed by atoms with Gasteiger partial charge in [-0.15, -0.1) is 0 Å². The molecule has 94 valence electrons. The smallest absolute Gasteiger partial charge is 0.152 e. The monoisotopic (exact) mass is 235 g/mol. The SMILES string of the molecule is CN(C)CCCN(C)c1ccc(C=O)c(N)c1. The Balaban J connectivity index is 2.60. The van der Waals surface area contributed by atoms with E-state index in [1.54, 1.807) is 6.07 Å². The Morgan fingerprint density at radius 1 is 1.24 bits per heavy atom. The van der Waals surface area contributed by atoms with Crippen LogP contribution in [0, 0.1) is 0 Å². The minimum atomic E-state index is 0.539. The van der Waals surface area contributed by atoms with Gasteiger partial charge in [0.25, 0.3) is 0 Å². The maximum absolute atomic E-state index is 10.7. The highest BCUT2D eigenvalue weighted by Gasteiger charge is 2.04. The summed E-state index contributed by atoms with van der Waals surface area (Å²) in [6.45, 7) is 2.03. The maximum Gasteiger partial charge on any atom is 0.152 e. The maximum atomic E-state index is 10.7. The van der Waals surface area contributed by atoms with Crippen molar-refractivity contribution in [2.24, 2.45) is 0 Å². The van der Waals surface area contributed by atoms with Gasteiger partial charge in [-0.3, -0.25) is 4.79 Å². The number of carbonyl (C=O) groups excluding carboxylic acids is 1. The van der Waals surface area contributed by atoms with Crippen molar-refractivity contribution in [1.82, 2.24) is 4.90 Å². The first-order valence-electron chi connectivity index (χ1n) is 5.75. The van der Waals surface area contributed by atoms with Crippen LogP contribution >= 0.6 is 0 Å². The molecule has 0 saturated heterocycles. The topological polar surface area (TPSA) is 49.6 Å². The summed E-state index contributed by atoms with van der Waals surface area (Å²) in [6, 6.07) is 5.54. The van der Waals surface area contributed by atoms with Crippen LogP contribution in [0.4, 0.5) is 11.4 Å². The highest BCUT2D eigenvalue weighted by molar-refractivity contribution is 5.84. The zero-order valence-corrected chi connectivity index (χ0v) is 10.8. The van der Waals surface area contributed by atoms with Crippen LogP contribution < -0.4 is 10.6 Å². The molecule has 0 atom stereocenters. The molecular formula is C13H21N3O. The van der Waals surface area contributed by atoms with E-state index in [4.69, 9.17) is 5.73 Å². The fourth-order valence-electron chi connectivity index (χ4n) is 1.66. The summed E-state index contributed by atoms with van der Waals surface area (Å²) in [5.74, 6) is 0. The van der Waals surface area contributed by atoms with Gasteiger partial charge < -0.3 is 15.5 Å². The van der Waals surface area contributed by atoms with E-state index in [1.165, 1.54) is 0 Å². The molecule has 1 aromatic rings. The van der Waals surface area contributed by atoms with Crippen molar-refractivity contribution >= 4 is 17.7 Å². The number of rotatable bonds is 6. The number of hydrogen-bond donors (Lipinski definition) is 1. The molecule has 0 aliphatic carbocycles. The van der Waals surface area contributed by atoms with Crippen molar-refractivity contribution in [2.45, 2.75) is 6.42 Å². The van der Waals surface area contributed by atoms with Crippen LogP contribution in [0.2, 0.25) is 0 Å². The molecule has 4 nitrogen and oxygen atoms in total. The van der Waals surface area contributed by atoms with E-state index in [0.29, 0.717) is 11.3 Å². The molecule has 0 saturated carbocycles. The quantitative estimate of drug-likeness (QED) is 0.599. The molecule has 0 aliphatic rings. The molecule has 17 heavy (non-hydrogen) atoms. The number of anilines is 2. The zero-order chi connectivity index (χ0) is 12.8. The van der Waals surface area contributed by atoms with Crippen LogP contribution in [-0.4, -0.2) is 45.4 Å². The molecule has 0 fully saturated rings. The van der Waals surface area contributed by atoms with E-state index in [2.05, 4.69) is 23.9 Å². The average Bonchev–Trinajstić information content (AvgIpc) is 2.28. The highest BCUT2D eigenvalue weighted by Crippen LogP contribution is 2.19. The molecule has 0 bridgehead atoms. The lowest BCUT2D eigenvalue weighted by Gasteiger charge is -2.21. The molecule has 0 amide bonds. The number of benzene rings is 1. The second-order valence-electron chi connectivity index (χ2n) is 4.51. The number of aldehydes is 1. The Morgan fingerprint density at radius 2 is 1.94 bits per heavy atom. The summed E-state index contributed by atoms with van der Waals surface area (Å²) in [6.07, 6.45) is 1.88. The van der Waals surface area contributed by atoms with Crippen molar-refractivity contribution in [3.05, 3.63) is 23.8 Å². The molecule has 0 heterocycles. The minimum absolute atomic E-state index is 0.539. The van der Waals surface area contributed by atoms with Crippen LogP contribution in [0.15, 0.2) is 18.2 Å². The van der Waals surface area contributed by atoms with E-state index >= 15 is 0 Å². The molecule has 2 N–H and O–H groups in total. The largest absolute Gasteiger partial charge is 0.398 e. The Bertz CT molecular complexity index is 377. The summed E-state index contributed by atoms with van der Waals surface area (Å²) in [4.78, 5) is 15.0. The molecule has 0 aliphatic heterocycles. The predicted octanol–water partition coefficient (Wildman–Crippen LogP) is 1.47. The van der Waals surface area contributed by atoms with Crippen molar-refractivity contribution in [3.8, 4) is 0 Å². The highest BCUT2D eigenvalue weighted by atomic mass is 16.1. The van der Waals surface area contributed by atoms with Gasteiger partial charge in [-0.05, 0) is 45.3 Å². The average molecular weight is 235 g/mol. The summed E-state index contributed by atoms with van der Waals surface area (Å²) in [5, 5.41) is 0. The first-order valence-corrected chi connectivity index (χ1v) is 5.75. The fraction of sp³-hybridized carbons (Fsp3) is 0.462. The normalized spacial score (nSPS) is 10.6. The molecular weight excluding hydrogens is 214 g/mol. The first kappa shape index (κ1) is 13.5. The van der Waals surface area contributed by atoms with Crippen molar-refractivity contribution in [1.29, 1.82) is 0 Å². The summed E-state index contributed by atoms with van der Waals surface area (Å²) < 4.78 is 0. The molecule has 1 rings (SSSR count). The minimum Gasteiger partial charge on any atom is -0.398 e. The fourth-order valence-corrected chi connectivity index (χ4v) is 1.66. The zero-order valence-electron chi connectivity index (χ0n) is 10.8. The van der Waals surface area contributed by atoms with Gasteiger partial charge in [-0.1, -0.05) is 0 Å². The van der Waals surface area contributed by atoms with E-state index in [0.717, 1.165) is 31.5 Å². The Labute approximate surface area is 103 Å². The lowest BCUT2D eigenvalue weighted by molar-refractivity contribution is 0.112. The number of hydrogen-bond acceptors (Lipinski definition) is 4. The lowest BCUT2D eigenvalue weighted by Crippen LogP contribution is -2.23. The molecule has 0 unspecified atom stereocenters. The van der Waals surface area contributed by atoms with E-state index in [9.17, 15) is 4.79 Å². The van der Waals surface area contributed by atoms with Gasteiger partial charge in [0, 0.05) is 30.5 Å². The second kappa shape index (κ2) is 6.25. The number of nitrogens with two attached hydrogens (primary N) is 1. The third kappa shape index (κ3) is 4.07. The summed E-state index contributed by atoms with van der Waals surface area (Å²) >= 11 is 0. The van der Waals surface area contributed by atoms with E-state index in [-0.39, 0.29) is 0 Å². The van der Waals surface area contributed by atoms with Gasteiger partial charge >= 0.3 is 0 Å². The van der Waals surface area contributed by atoms with Gasteiger partial charge in [0.1, 0.15) is 0 Å². The molecule has 0 radical (unpaired) electrons. The van der Waals surface area contributed by atoms with Crippen LogP contribution in [0.1, 0.15) is 16.8 Å². The van der Waals surface area contributed by atoms with Crippen molar-refractivity contribution in [2.75, 3.05) is 44.9 Å². The van der Waals surface area contributed by atoms with E-state index in [1.807, 2.05) is 19.2 Å². The second-order valence-corrected chi connectivity index (χ2v) is 4.51. The molecule has 1 aromatic carbocycles. The van der Waals surface area contributed by atoms with E-state index < -0.39 is 0 Å². The third-order valence-electron chi connectivity index (χ3n) is 2.74. The van der Waals surface area contributed by atoms with Gasteiger partial charge in [-0.25, -0.2) is 0 Å². The van der Waals surface area contributed by atoms with Gasteiger partial charge in [0.2, 0.25) is 0 Å². The third-order valence-corrected chi connectivity index (χ3v) is 2.74. The van der Waals surface area contributed by atoms with Crippen LogP contribution in [0.5, 0.6) is 0 Å². The number of nitrogen functional groups attached to an aromatic ring is 1. The summed E-state index contributed by atoms with van der Waals surface area (Å²) in [7, 11) is 6.17. The summed E-state index contributed by atoms with van der Waals surface area (Å²) in [5.41, 5.74) is 7.92. The van der Waals surface area contributed by atoms with Crippen molar-refractivity contribution < 1.29 is 4.79 Å². The Kier molecular flexibility index (Phi) is 4.97. The Morgan fingerprint density at radius 3 is 2.47 bits per heavy atom. The number of nitrogens with zero attached hydrogens (tertiary/aromatic N) is 2. The van der Waals surface area contributed by atoms with Crippen LogP contribution in [0.3, 0.4) is 0 Å². The van der Waals surface area contributed by atoms with Gasteiger partial charge in [0.05, 0.1) is 0 Å². The number of carbonyl (C=O) groups is 1. The van der Waals surface area contributed by atoms with Gasteiger partial charge in [0.15, 0.2) is 6.29 Å². The van der Waals surface area contributed by atoms with Crippen molar-refractivity contribution in [3.63, 3.8) is 0 Å². The van der Waals surface area contributed by atoms with Crippen LogP contribution in [-0.2, 0) is 0 Å². The molecule has 0 spiro atoms. The lowest BCUT2D eigenvalue weighted by atomic mass is 10.1. The van der Waals surface area contributed by atoms with Crippen LogP contribution in [0.25, 0.3) is 0 Å². The Hall–Kier alpha value is -1.55. The molecule has 4 heteroatoms. The predicted molar refractivity (Wildman–Crippen MR) is 72.7 cm³/mol.